The van der Waals surface area contributed by atoms with E-state index in [1.165, 1.54) is 12.1 Å². The van der Waals surface area contributed by atoms with E-state index in [4.69, 9.17) is 9.47 Å². The van der Waals surface area contributed by atoms with Gasteiger partial charge in [-0.15, -0.1) is 0 Å². The highest BCUT2D eigenvalue weighted by Crippen LogP contribution is 2.28. The zero-order chi connectivity index (χ0) is 13.1. The van der Waals surface area contributed by atoms with Crippen LogP contribution in [0.3, 0.4) is 0 Å². The van der Waals surface area contributed by atoms with Crippen LogP contribution in [0.4, 0.5) is 4.79 Å². The van der Waals surface area contributed by atoms with Crippen molar-refractivity contribution in [3.05, 3.63) is 30.3 Å². The molecule has 0 heterocycles. The zero-order valence-electron chi connectivity index (χ0n) is 10.2. The lowest BCUT2D eigenvalue weighted by atomic mass is 10.2. The van der Waals surface area contributed by atoms with Gasteiger partial charge in [-0.2, -0.15) is 0 Å². The summed E-state index contributed by atoms with van der Waals surface area (Å²) in [5, 5.41) is 9.51. The van der Waals surface area contributed by atoms with Gasteiger partial charge < -0.3 is 14.6 Å². The van der Waals surface area contributed by atoms with Crippen LogP contribution in [0.5, 0.6) is 11.5 Å². The number of benzene rings is 1. The lowest BCUT2D eigenvalue weighted by molar-refractivity contribution is 0.0201. The fourth-order valence-electron chi connectivity index (χ4n) is 1.10. The molecule has 17 heavy (non-hydrogen) atoms. The van der Waals surface area contributed by atoms with Gasteiger partial charge >= 0.3 is 6.16 Å². The van der Waals surface area contributed by atoms with Gasteiger partial charge in [0.15, 0.2) is 11.5 Å². The van der Waals surface area contributed by atoms with Gasteiger partial charge in [-0.05, 0) is 38.5 Å². The van der Waals surface area contributed by atoms with Crippen molar-refractivity contribution in [2.45, 2.75) is 26.4 Å². The maximum atomic E-state index is 11.4. The first-order valence-corrected chi connectivity index (χ1v) is 5.18. The number of carbonyl (C=O) groups excluding carboxylic acids is 1. The summed E-state index contributed by atoms with van der Waals surface area (Å²) in [6, 6.07) is 4.59. The van der Waals surface area contributed by atoms with Gasteiger partial charge in [-0.25, -0.2) is 4.79 Å². The van der Waals surface area contributed by atoms with Crippen molar-refractivity contribution in [1.29, 1.82) is 0 Å². The van der Waals surface area contributed by atoms with Crippen molar-refractivity contribution in [3.8, 4) is 11.5 Å². The number of phenolic OH excluding ortho intramolecular Hbond substituents is 1. The van der Waals surface area contributed by atoms with E-state index in [1.807, 2.05) is 0 Å². The third-order valence-electron chi connectivity index (χ3n) is 1.80. The monoisotopic (exact) mass is 236 g/mol. The van der Waals surface area contributed by atoms with E-state index in [2.05, 4.69) is 6.58 Å². The Balaban J connectivity index is 2.81. The van der Waals surface area contributed by atoms with Crippen LogP contribution in [0.25, 0.3) is 6.08 Å². The molecule has 4 heteroatoms. The molecule has 0 saturated heterocycles. The second-order valence-electron chi connectivity index (χ2n) is 4.50. The fraction of sp³-hybridized carbons (Fsp3) is 0.308. The number of phenols is 1. The Hall–Kier alpha value is -1.97. The highest BCUT2D eigenvalue weighted by Gasteiger charge is 2.19. The molecule has 0 spiro atoms. The van der Waals surface area contributed by atoms with Gasteiger partial charge in [0.25, 0.3) is 0 Å². The molecule has 92 valence electrons. The second-order valence-corrected chi connectivity index (χ2v) is 4.50. The Bertz CT molecular complexity index is 430. The second kappa shape index (κ2) is 4.91. The molecule has 0 aliphatic heterocycles. The van der Waals surface area contributed by atoms with Crippen molar-refractivity contribution in [2.24, 2.45) is 0 Å². The van der Waals surface area contributed by atoms with Crippen molar-refractivity contribution in [3.63, 3.8) is 0 Å². The van der Waals surface area contributed by atoms with E-state index in [-0.39, 0.29) is 11.5 Å². The molecule has 0 atom stereocenters. The van der Waals surface area contributed by atoms with Crippen LogP contribution >= 0.6 is 0 Å². The number of ether oxygens (including phenoxy) is 2. The molecule has 1 N–H and O–H groups in total. The van der Waals surface area contributed by atoms with Gasteiger partial charge in [0.2, 0.25) is 0 Å². The number of aromatic hydroxyl groups is 1. The summed E-state index contributed by atoms with van der Waals surface area (Å²) < 4.78 is 9.88. The molecular formula is C13H16O4. The van der Waals surface area contributed by atoms with Crippen LogP contribution in [0.2, 0.25) is 0 Å². The third-order valence-corrected chi connectivity index (χ3v) is 1.80. The molecule has 0 aromatic heterocycles. The minimum Gasteiger partial charge on any atom is -0.504 e. The minimum absolute atomic E-state index is 0.0525. The number of rotatable bonds is 2. The highest BCUT2D eigenvalue weighted by atomic mass is 16.7. The van der Waals surface area contributed by atoms with Crippen LogP contribution in [-0.4, -0.2) is 16.9 Å². The molecule has 1 rings (SSSR count). The fourth-order valence-corrected chi connectivity index (χ4v) is 1.10. The van der Waals surface area contributed by atoms with E-state index in [0.717, 1.165) is 5.56 Å². The predicted octanol–water partition coefficient (Wildman–Crippen LogP) is 3.35. The van der Waals surface area contributed by atoms with E-state index in [9.17, 15) is 9.90 Å². The van der Waals surface area contributed by atoms with Gasteiger partial charge in [-0.1, -0.05) is 18.7 Å². The maximum Gasteiger partial charge on any atom is 0.514 e. The Labute approximate surface area is 100 Å². The molecule has 0 aliphatic carbocycles. The number of hydrogen-bond acceptors (Lipinski definition) is 4. The summed E-state index contributed by atoms with van der Waals surface area (Å²) in [7, 11) is 0. The number of carbonyl (C=O) groups is 1. The lowest BCUT2D eigenvalue weighted by Gasteiger charge is -2.18. The van der Waals surface area contributed by atoms with Crippen LogP contribution in [-0.2, 0) is 4.74 Å². The molecule has 0 aliphatic rings. The van der Waals surface area contributed by atoms with Gasteiger partial charge in [0, 0.05) is 0 Å². The number of hydrogen-bond donors (Lipinski definition) is 1. The summed E-state index contributed by atoms with van der Waals surface area (Å²) in [5.41, 5.74) is 0.101. The smallest absolute Gasteiger partial charge is 0.504 e. The first-order chi connectivity index (χ1) is 7.81. The normalized spacial score (nSPS) is 10.8. The molecule has 4 nitrogen and oxygen atoms in total. The van der Waals surface area contributed by atoms with Crippen LogP contribution < -0.4 is 4.74 Å². The Morgan fingerprint density at radius 2 is 2.06 bits per heavy atom. The third kappa shape index (κ3) is 4.18. The summed E-state index contributed by atoms with van der Waals surface area (Å²) >= 11 is 0. The quantitative estimate of drug-likeness (QED) is 0.632. The summed E-state index contributed by atoms with van der Waals surface area (Å²) in [6.07, 6.45) is 0.732. The van der Waals surface area contributed by atoms with Crippen molar-refractivity contribution < 1.29 is 19.4 Å². The molecule has 0 bridgehead atoms. The largest absolute Gasteiger partial charge is 0.514 e. The minimum atomic E-state index is -0.853. The van der Waals surface area contributed by atoms with Crippen molar-refractivity contribution in [2.75, 3.05) is 0 Å². The van der Waals surface area contributed by atoms with E-state index < -0.39 is 11.8 Å². The van der Waals surface area contributed by atoms with Crippen LogP contribution in [0.15, 0.2) is 24.8 Å². The molecule has 1 aromatic rings. The first-order valence-electron chi connectivity index (χ1n) is 5.18. The highest BCUT2D eigenvalue weighted by molar-refractivity contribution is 5.67. The molecule has 1 aromatic carbocycles. The average Bonchev–Trinajstić information content (AvgIpc) is 2.18. The summed E-state index contributed by atoms with van der Waals surface area (Å²) in [5.74, 6) is -0.0712. The Kier molecular flexibility index (Phi) is 3.78. The van der Waals surface area contributed by atoms with Crippen LogP contribution in [0.1, 0.15) is 26.3 Å². The molecule has 0 radical (unpaired) electrons. The summed E-state index contributed by atoms with van der Waals surface area (Å²) in [6.45, 7) is 8.78. The molecule has 0 unspecified atom stereocenters. The zero-order valence-corrected chi connectivity index (χ0v) is 10.2. The van der Waals surface area contributed by atoms with E-state index in [1.54, 1.807) is 32.9 Å². The maximum absolute atomic E-state index is 11.4. The predicted molar refractivity (Wildman–Crippen MR) is 65.1 cm³/mol. The Morgan fingerprint density at radius 1 is 1.41 bits per heavy atom. The van der Waals surface area contributed by atoms with Gasteiger partial charge in [0.05, 0.1) is 0 Å². The van der Waals surface area contributed by atoms with Gasteiger partial charge in [0.1, 0.15) is 5.60 Å². The summed E-state index contributed by atoms with van der Waals surface area (Å²) in [4.78, 5) is 11.4. The lowest BCUT2D eigenvalue weighted by Crippen LogP contribution is -2.26. The van der Waals surface area contributed by atoms with Crippen molar-refractivity contribution in [1.82, 2.24) is 0 Å². The molecule has 0 fully saturated rings. The molecular weight excluding hydrogens is 220 g/mol. The first kappa shape index (κ1) is 13.1. The molecule has 0 saturated carbocycles. The standard InChI is InChI=1S/C13H16O4/c1-5-9-6-7-10(14)11(8-9)16-12(15)17-13(2,3)4/h5-8,14H,1H2,2-4H3. The SMILES string of the molecule is C=Cc1ccc(O)c(OC(=O)OC(C)(C)C)c1. The van der Waals surface area contributed by atoms with E-state index in [0.29, 0.717) is 0 Å². The Morgan fingerprint density at radius 3 is 2.59 bits per heavy atom. The molecule has 0 amide bonds. The topological polar surface area (TPSA) is 55.8 Å². The van der Waals surface area contributed by atoms with Crippen molar-refractivity contribution >= 4 is 12.2 Å². The van der Waals surface area contributed by atoms with E-state index >= 15 is 0 Å². The van der Waals surface area contributed by atoms with Crippen LogP contribution in [0, 0.1) is 0 Å². The average molecular weight is 236 g/mol. The van der Waals surface area contributed by atoms with Gasteiger partial charge in [-0.3, -0.25) is 0 Å².